The van der Waals surface area contributed by atoms with E-state index in [1.807, 2.05) is 32.0 Å². The van der Waals surface area contributed by atoms with Crippen LogP contribution < -0.4 is 16.2 Å². The van der Waals surface area contributed by atoms with Gasteiger partial charge in [-0.2, -0.15) is 0 Å². The minimum atomic E-state index is -0.0661. The van der Waals surface area contributed by atoms with Gasteiger partial charge in [0.2, 0.25) is 5.91 Å². The molecular formula is C18H24N4OS2. The topological polar surface area (TPSA) is 66.0 Å². The molecule has 25 heavy (non-hydrogen) atoms. The van der Waals surface area contributed by atoms with Crippen LogP contribution >= 0.6 is 23.6 Å². The minimum Gasteiger partial charge on any atom is -0.359 e. The molecule has 0 radical (unpaired) electrons. The zero-order chi connectivity index (χ0) is 17.8. The van der Waals surface area contributed by atoms with Crippen molar-refractivity contribution in [2.45, 2.75) is 51.5 Å². The third-order valence-corrected chi connectivity index (χ3v) is 5.84. The summed E-state index contributed by atoms with van der Waals surface area (Å²) in [6, 6.07) is 8.38. The maximum atomic E-state index is 12.7. The second kappa shape index (κ2) is 8.10. The number of hydrazine groups is 1. The van der Waals surface area contributed by atoms with Gasteiger partial charge in [-0.15, -0.1) is 11.3 Å². The Bertz CT molecular complexity index is 725. The number of nitrogens with zero attached hydrogens (tertiary/aromatic N) is 1. The predicted octanol–water partition coefficient (Wildman–Crippen LogP) is 3.47. The quantitative estimate of drug-likeness (QED) is 0.565. The number of hydrogen-bond acceptors (Lipinski definition) is 4. The highest BCUT2D eigenvalue weighted by atomic mass is 32.1. The van der Waals surface area contributed by atoms with E-state index >= 15 is 0 Å². The Hall–Kier alpha value is -1.73. The summed E-state index contributed by atoms with van der Waals surface area (Å²) < 4.78 is 1.18. The summed E-state index contributed by atoms with van der Waals surface area (Å²) in [4.78, 5) is 17.5. The number of para-hydroxylation sites is 1. The molecule has 0 aliphatic heterocycles. The Balaban J connectivity index is 1.70. The molecule has 2 atom stereocenters. The Labute approximate surface area is 157 Å². The number of benzene rings is 1. The molecule has 1 heterocycles. The number of carbonyl (C=O) groups is 1. The van der Waals surface area contributed by atoms with E-state index in [1.165, 1.54) is 4.70 Å². The Morgan fingerprint density at radius 3 is 2.76 bits per heavy atom. The van der Waals surface area contributed by atoms with Gasteiger partial charge in [-0.25, -0.2) is 4.98 Å². The fourth-order valence-corrected chi connectivity index (χ4v) is 4.75. The normalized spacial score (nSPS) is 20.4. The molecule has 7 heteroatoms. The molecule has 1 amide bonds. The molecule has 3 N–H and O–H groups in total. The molecule has 0 bridgehead atoms. The largest absolute Gasteiger partial charge is 0.359 e. The highest BCUT2D eigenvalue weighted by Crippen LogP contribution is 2.40. The number of nitrogens with one attached hydrogen (secondary N) is 3. The molecule has 5 nitrogen and oxygen atoms in total. The fourth-order valence-electron chi connectivity index (χ4n) is 3.30. The molecule has 134 valence electrons. The molecule has 2 aromatic rings. The summed E-state index contributed by atoms with van der Waals surface area (Å²) >= 11 is 6.88. The first-order valence-corrected chi connectivity index (χ1v) is 9.99. The third-order valence-electron chi connectivity index (χ3n) is 4.45. The molecule has 0 unspecified atom stereocenters. The number of fused-ring (bicyclic) bond motifs is 1. The van der Waals surface area contributed by atoms with Crippen LogP contribution in [-0.2, 0) is 4.79 Å². The van der Waals surface area contributed by atoms with Gasteiger partial charge >= 0.3 is 0 Å². The first kappa shape index (κ1) is 18.1. The van der Waals surface area contributed by atoms with Crippen LogP contribution in [0, 0.1) is 5.92 Å². The number of rotatable bonds is 3. The fraction of sp³-hybridized carbons (Fsp3) is 0.500. The highest BCUT2D eigenvalue weighted by Gasteiger charge is 2.34. The molecule has 1 aromatic carbocycles. The second-order valence-corrected chi connectivity index (χ2v) is 8.23. The summed E-state index contributed by atoms with van der Waals surface area (Å²) in [5, 5.41) is 4.57. The molecule has 1 aromatic heterocycles. The van der Waals surface area contributed by atoms with E-state index in [9.17, 15) is 4.79 Å². The van der Waals surface area contributed by atoms with E-state index in [-0.39, 0.29) is 23.8 Å². The first-order chi connectivity index (χ1) is 12.0. The summed E-state index contributed by atoms with van der Waals surface area (Å²) in [6.45, 7) is 4.00. The van der Waals surface area contributed by atoms with Crippen molar-refractivity contribution in [3.05, 3.63) is 29.3 Å². The summed E-state index contributed by atoms with van der Waals surface area (Å²) in [6.07, 6.45) is 4.12. The monoisotopic (exact) mass is 376 g/mol. The second-order valence-electron chi connectivity index (χ2n) is 6.76. The lowest BCUT2D eigenvalue weighted by molar-refractivity contribution is -0.127. The summed E-state index contributed by atoms with van der Waals surface area (Å²) in [7, 11) is 0. The summed E-state index contributed by atoms with van der Waals surface area (Å²) in [5.74, 6) is 0.111. The van der Waals surface area contributed by atoms with Crippen molar-refractivity contribution >= 4 is 44.8 Å². The molecular weight excluding hydrogens is 352 g/mol. The van der Waals surface area contributed by atoms with Crippen LogP contribution in [-0.4, -0.2) is 22.0 Å². The SMILES string of the molecule is CC(C)NC(=S)NNC(=O)[C@@H]1CCCC[C@H]1c1nc2ccccc2s1. The lowest BCUT2D eigenvalue weighted by Crippen LogP contribution is -2.51. The lowest BCUT2D eigenvalue weighted by Gasteiger charge is -2.29. The van der Waals surface area contributed by atoms with Gasteiger partial charge < -0.3 is 5.32 Å². The third kappa shape index (κ3) is 4.46. The van der Waals surface area contributed by atoms with Crippen LogP contribution in [0.4, 0.5) is 0 Å². The predicted molar refractivity (Wildman–Crippen MR) is 106 cm³/mol. The van der Waals surface area contributed by atoms with Crippen LogP contribution in [0.15, 0.2) is 24.3 Å². The van der Waals surface area contributed by atoms with Gasteiger partial charge in [0.05, 0.1) is 15.2 Å². The van der Waals surface area contributed by atoms with Crippen LogP contribution in [0.3, 0.4) is 0 Å². The van der Waals surface area contributed by atoms with Gasteiger partial charge in [-0.05, 0) is 51.0 Å². The van der Waals surface area contributed by atoms with E-state index in [0.29, 0.717) is 5.11 Å². The van der Waals surface area contributed by atoms with Crippen molar-refractivity contribution in [3.63, 3.8) is 0 Å². The molecule has 1 saturated carbocycles. The van der Waals surface area contributed by atoms with Gasteiger partial charge in [-0.1, -0.05) is 25.0 Å². The van der Waals surface area contributed by atoms with Gasteiger partial charge in [-0.3, -0.25) is 15.6 Å². The average molecular weight is 377 g/mol. The van der Waals surface area contributed by atoms with Crippen molar-refractivity contribution < 1.29 is 4.79 Å². The average Bonchev–Trinajstić information content (AvgIpc) is 3.03. The van der Waals surface area contributed by atoms with Crippen molar-refractivity contribution in [2.75, 3.05) is 0 Å². The van der Waals surface area contributed by atoms with Crippen LogP contribution in [0.1, 0.15) is 50.5 Å². The Morgan fingerprint density at radius 1 is 1.24 bits per heavy atom. The van der Waals surface area contributed by atoms with Gasteiger partial charge in [0.15, 0.2) is 5.11 Å². The number of carbonyl (C=O) groups excluding carboxylic acids is 1. The summed E-state index contributed by atoms with van der Waals surface area (Å²) in [5.41, 5.74) is 6.61. The number of thiocarbonyl (C=S) groups is 1. The molecule has 1 aliphatic rings. The zero-order valence-corrected chi connectivity index (χ0v) is 16.2. The molecule has 0 spiro atoms. The minimum absolute atomic E-state index is 0.00291. The van der Waals surface area contributed by atoms with E-state index in [0.717, 1.165) is 36.2 Å². The van der Waals surface area contributed by atoms with E-state index in [1.54, 1.807) is 11.3 Å². The van der Waals surface area contributed by atoms with Crippen LogP contribution in [0.25, 0.3) is 10.2 Å². The maximum absolute atomic E-state index is 12.7. The number of amides is 1. The van der Waals surface area contributed by atoms with Crippen molar-refractivity contribution in [1.29, 1.82) is 0 Å². The van der Waals surface area contributed by atoms with Gasteiger partial charge in [0, 0.05) is 17.9 Å². The van der Waals surface area contributed by atoms with Crippen molar-refractivity contribution in [2.24, 2.45) is 5.92 Å². The van der Waals surface area contributed by atoms with Crippen molar-refractivity contribution in [1.82, 2.24) is 21.2 Å². The molecule has 3 rings (SSSR count). The van der Waals surface area contributed by atoms with E-state index in [2.05, 4.69) is 22.2 Å². The Kier molecular flexibility index (Phi) is 5.86. The molecule has 1 fully saturated rings. The smallest absolute Gasteiger partial charge is 0.242 e. The maximum Gasteiger partial charge on any atom is 0.242 e. The highest BCUT2D eigenvalue weighted by molar-refractivity contribution is 7.80. The number of aromatic nitrogens is 1. The van der Waals surface area contributed by atoms with Gasteiger partial charge in [0.25, 0.3) is 0 Å². The van der Waals surface area contributed by atoms with E-state index < -0.39 is 0 Å². The zero-order valence-electron chi connectivity index (χ0n) is 14.5. The first-order valence-electron chi connectivity index (χ1n) is 8.76. The molecule has 1 aliphatic carbocycles. The number of thiazole rings is 1. The van der Waals surface area contributed by atoms with E-state index in [4.69, 9.17) is 17.2 Å². The van der Waals surface area contributed by atoms with Gasteiger partial charge in [0.1, 0.15) is 0 Å². The lowest BCUT2D eigenvalue weighted by atomic mass is 9.79. The standard InChI is InChI=1S/C18H24N4OS2/c1-11(2)19-18(24)22-21-16(23)12-7-3-4-8-13(12)17-20-14-9-5-6-10-15(14)25-17/h5-6,9-13H,3-4,7-8H2,1-2H3,(H,21,23)(H2,19,22,24)/t12-,13-/m1/s1. The number of hydrogen-bond donors (Lipinski definition) is 3. The molecule has 0 saturated heterocycles. The van der Waals surface area contributed by atoms with Crippen LogP contribution in [0.2, 0.25) is 0 Å². The Morgan fingerprint density at radius 2 is 2.00 bits per heavy atom. The van der Waals surface area contributed by atoms with Crippen LogP contribution in [0.5, 0.6) is 0 Å². The van der Waals surface area contributed by atoms with Crippen molar-refractivity contribution in [3.8, 4) is 0 Å².